The highest BCUT2D eigenvalue weighted by Crippen LogP contribution is 2.35. The second-order valence-electron chi connectivity index (χ2n) is 2.71. The molecule has 0 fully saturated rings. The van der Waals surface area contributed by atoms with Crippen LogP contribution in [0.1, 0.15) is 12.8 Å². The molecule has 1 rings (SSSR count). The number of carbonyl (C=O) groups excluding carboxylic acids is 1. The van der Waals surface area contributed by atoms with Crippen molar-refractivity contribution in [3.05, 3.63) is 21.4 Å². The lowest BCUT2D eigenvalue weighted by Crippen LogP contribution is -2.14. The number of hydrogen-bond acceptors (Lipinski definition) is 3. The molecule has 0 spiro atoms. The summed E-state index contributed by atoms with van der Waals surface area (Å²) in [6.07, 6.45) is 1.13. The number of carbonyl (C=O) groups is 1. The molecule has 0 N–H and O–H groups in total. The van der Waals surface area contributed by atoms with Crippen molar-refractivity contribution in [1.82, 2.24) is 0 Å². The van der Waals surface area contributed by atoms with Gasteiger partial charge in [-0.1, -0.05) is 23.2 Å². The van der Waals surface area contributed by atoms with Gasteiger partial charge in [0.05, 0.1) is 19.3 Å². The molecule has 1 aliphatic carbocycles. The minimum atomic E-state index is -0.523. The summed E-state index contributed by atoms with van der Waals surface area (Å²) in [5.41, 5.74) is 0.230. The molecule has 0 radical (unpaired) electrons. The molecule has 0 aromatic rings. The molecule has 1 aliphatic rings. The molecule has 0 saturated carbocycles. The van der Waals surface area contributed by atoms with Crippen LogP contribution in [0.15, 0.2) is 21.4 Å². The third-order valence-electron chi connectivity index (χ3n) is 1.90. The van der Waals surface area contributed by atoms with Crippen LogP contribution >= 0.6 is 23.2 Å². The normalized spacial score (nSPS) is 17.1. The van der Waals surface area contributed by atoms with Gasteiger partial charge in [-0.3, -0.25) is 0 Å². The summed E-state index contributed by atoms with van der Waals surface area (Å²) < 4.78 is 9.60. The van der Waals surface area contributed by atoms with Crippen LogP contribution in [-0.4, -0.2) is 20.2 Å². The standard InChI is InChI=1S/C9H10Cl2O3/c1-13-8-6(11)4-3-5(10)7(8)9(12)14-2/h3-4H2,1-2H3. The van der Waals surface area contributed by atoms with E-state index in [9.17, 15) is 4.79 Å². The van der Waals surface area contributed by atoms with E-state index in [4.69, 9.17) is 27.9 Å². The molecule has 0 heterocycles. The van der Waals surface area contributed by atoms with E-state index in [0.29, 0.717) is 28.7 Å². The maximum absolute atomic E-state index is 11.4. The number of rotatable bonds is 2. The molecule has 78 valence electrons. The first kappa shape index (κ1) is 11.4. The summed E-state index contributed by atoms with van der Waals surface area (Å²) in [7, 11) is 2.73. The van der Waals surface area contributed by atoms with Gasteiger partial charge in [0.2, 0.25) is 0 Å². The lowest BCUT2D eigenvalue weighted by atomic mass is 10.0. The van der Waals surface area contributed by atoms with Crippen LogP contribution in [0.5, 0.6) is 0 Å². The van der Waals surface area contributed by atoms with Crippen molar-refractivity contribution in [2.24, 2.45) is 0 Å². The molecule has 0 unspecified atom stereocenters. The number of esters is 1. The summed E-state index contributed by atoms with van der Waals surface area (Å²) >= 11 is 11.8. The molecule has 5 heteroatoms. The Balaban J connectivity index is 3.14. The average molecular weight is 237 g/mol. The van der Waals surface area contributed by atoms with E-state index >= 15 is 0 Å². The van der Waals surface area contributed by atoms with Crippen molar-refractivity contribution in [2.75, 3.05) is 14.2 Å². The van der Waals surface area contributed by atoms with Gasteiger partial charge in [-0.2, -0.15) is 0 Å². The molecule has 0 bridgehead atoms. The fraction of sp³-hybridized carbons (Fsp3) is 0.444. The highest BCUT2D eigenvalue weighted by molar-refractivity contribution is 6.34. The number of ether oxygens (including phenoxy) is 2. The summed E-state index contributed by atoms with van der Waals surface area (Å²) in [4.78, 5) is 11.4. The van der Waals surface area contributed by atoms with Crippen LogP contribution in [0.4, 0.5) is 0 Å². The van der Waals surface area contributed by atoms with Crippen LogP contribution in [0.3, 0.4) is 0 Å². The topological polar surface area (TPSA) is 35.5 Å². The Morgan fingerprint density at radius 1 is 1.21 bits per heavy atom. The number of allylic oxidation sites excluding steroid dienone is 2. The highest BCUT2D eigenvalue weighted by Gasteiger charge is 2.27. The van der Waals surface area contributed by atoms with Gasteiger partial charge in [-0.15, -0.1) is 0 Å². The molecule has 14 heavy (non-hydrogen) atoms. The Labute approximate surface area is 92.3 Å². The van der Waals surface area contributed by atoms with Crippen molar-refractivity contribution in [2.45, 2.75) is 12.8 Å². The second-order valence-corrected chi connectivity index (χ2v) is 3.62. The van der Waals surface area contributed by atoms with Gasteiger partial charge in [-0.25, -0.2) is 4.79 Å². The minimum absolute atomic E-state index is 0.230. The lowest BCUT2D eigenvalue weighted by molar-refractivity contribution is -0.136. The monoisotopic (exact) mass is 236 g/mol. The minimum Gasteiger partial charge on any atom is -0.495 e. The predicted molar refractivity (Wildman–Crippen MR) is 54.0 cm³/mol. The van der Waals surface area contributed by atoms with Crippen LogP contribution in [0.25, 0.3) is 0 Å². The molecular weight excluding hydrogens is 227 g/mol. The molecular formula is C9H10Cl2O3. The number of hydrogen-bond donors (Lipinski definition) is 0. The fourth-order valence-electron chi connectivity index (χ4n) is 1.24. The Kier molecular flexibility index (Phi) is 3.84. The van der Waals surface area contributed by atoms with Gasteiger partial charge < -0.3 is 9.47 Å². The van der Waals surface area contributed by atoms with Crippen LogP contribution in [0, 0.1) is 0 Å². The Morgan fingerprint density at radius 2 is 1.79 bits per heavy atom. The zero-order valence-electron chi connectivity index (χ0n) is 7.89. The van der Waals surface area contributed by atoms with Gasteiger partial charge in [0.15, 0.2) is 0 Å². The van der Waals surface area contributed by atoms with Crippen molar-refractivity contribution in [1.29, 1.82) is 0 Å². The van der Waals surface area contributed by atoms with E-state index in [0.717, 1.165) is 0 Å². The quantitative estimate of drug-likeness (QED) is 0.692. The first-order chi connectivity index (χ1) is 6.61. The SMILES string of the molecule is COC(=O)C1=C(Cl)CCC(Cl)=C1OC. The van der Waals surface area contributed by atoms with Crippen LogP contribution in [0.2, 0.25) is 0 Å². The van der Waals surface area contributed by atoms with Gasteiger partial charge in [0, 0.05) is 5.03 Å². The Bertz CT molecular complexity index is 318. The van der Waals surface area contributed by atoms with E-state index in [1.165, 1.54) is 14.2 Å². The molecule has 0 atom stereocenters. The van der Waals surface area contributed by atoms with E-state index in [1.807, 2.05) is 0 Å². The second kappa shape index (κ2) is 4.71. The van der Waals surface area contributed by atoms with Crippen molar-refractivity contribution < 1.29 is 14.3 Å². The molecule has 3 nitrogen and oxygen atoms in total. The van der Waals surface area contributed by atoms with E-state index in [2.05, 4.69) is 4.74 Å². The zero-order valence-corrected chi connectivity index (χ0v) is 9.41. The van der Waals surface area contributed by atoms with Gasteiger partial charge in [-0.05, 0) is 12.8 Å². The summed E-state index contributed by atoms with van der Waals surface area (Å²) in [5, 5.41) is 0.926. The fourth-order valence-corrected chi connectivity index (χ4v) is 1.76. The van der Waals surface area contributed by atoms with Gasteiger partial charge in [0.25, 0.3) is 0 Å². The lowest BCUT2D eigenvalue weighted by Gasteiger charge is -2.17. The Morgan fingerprint density at radius 3 is 2.29 bits per heavy atom. The largest absolute Gasteiger partial charge is 0.495 e. The van der Waals surface area contributed by atoms with Crippen molar-refractivity contribution in [3.63, 3.8) is 0 Å². The predicted octanol–water partition coefficient (Wildman–Crippen LogP) is 2.54. The van der Waals surface area contributed by atoms with E-state index in [-0.39, 0.29) is 5.57 Å². The molecule has 0 aromatic carbocycles. The molecule has 0 aliphatic heterocycles. The van der Waals surface area contributed by atoms with Crippen LogP contribution in [-0.2, 0) is 14.3 Å². The highest BCUT2D eigenvalue weighted by atomic mass is 35.5. The van der Waals surface area contributed by atoms with Crippen molar-refractivity contribution in [3.8, 4) is 0 Å². The Hall–Kier alpha value is -0.670. The zero-order chi connectivity index (χ0) is 10.7. The van der Waals surface area contributed by atoms with Crippen molar-refractivity contribution >= 4 is 29.2 Å². The maximum Gasteiger partial charge on any atom is 0.342 e. The smallest absolute Gasteiger partial charge is 0.342 e. The van der Waals surface area contributed by atoms with Crippen LogP contribution < -0.4 is 0 Å². The first-order valence-electron chi connectivity index (χ1n) is 4.01. The molecule has 0 aromatic heterocycles. The third-order valence-corrected chi connectivity index (χ3v) is 2.64. The average Bonchev–Trinajstić information content (AvgIpc) is 2.19. The van der Waals surface area contributed by atoms with Gasteiger partial charge >= 0.3 is 5.97 Å². The number of halogens is 2. The van der Waals surface area contributed by atoms with E-state index < -0.39 is 5.97 Å². The van der Waals surface area contributed by atoms with Gasteiger partial charge in [0.1, 0.15) is 11.3 Å². The third kappa shape index (κ3) is 2.04. The summed E-state index contributed by atoms with van der Waals surface area (Å²) in [6.45, 7) is 0. The maximum atomic E-state index is 11.4. The first-order valence-corrected chi connectivity index (χ1v) is 4.77. The summed E-state index contributed by atoms with van der Waals surface area (Å²) in [6, 6.07) is 0. The summed E-state index contributed by atoms with van der Waals surface area (Å²) in [5.74, 6) is -0.209. The molecule has 0 saturated heterocycles. The van der Waals surface area contributed by atoms with E-state index in [1.54, 1.807) is 0 Å². The molecule has 0 amide bonds. The number of methoxy groups -OCH3 is 2.